The van der Waals surface area contributed by atoms with Gasteiger partial charge in [0.05, 0.1) is 20.3 Å². The van der Waals surface area contributed by atoms with Crippen molar-refractivity contribution in [1.29, 1.82) is 0 Å². The van der Waals surface area contributed by atoms with E-state index >= 15 is 0 Å². The lowest BCUT2D eigenvalue weighted by Gasteiger charge is -2.32. The molecule has 0 aliphatic carbocycles. The van der Waals surface area contributed by atoms with E-state index in [2.05, 4.69) is 0 Å². The van der Waals surface area contributed by atoms with Crippen molar-refractivity contribution in [1.82, 2.24) is 4.90 Å². The molecular weight excluding hydrogens is 356 g/mol. The van der Waals surface area contributed by atoms with Crippen LogP contribution in [0.25, 0.3) is 0 Å². The number of ether oxygens (including phenoxy) is 3. The normalized spacial score (nSPS) is 17.0. The quantitative estimate of drug-likeness (QED) is 0.831. The minimum atomic E-state index is -0.583. The molecule has 0 spiro atoms. The fraction of sp³-hybridized carbons (Fsp3) is 0.333. The first kappa shape index (κ1) is 18.2. The van der Waals surface area contributed by atoms with E-state index in [1.165, 1.54) is 7.11 Å². The first-order valence-electron chi connectivity index (χ1n) is 8.12. The van der Waals surface area contributed by atoms with Crippen LogP contribution < -0.4 is 15.2 Å². The van der Waals surface area contributed by atoms with Crippen LogP contribution >= 0.6 is 11.3 Å². The van der Waals surface area contributed by atoms with Gasteiger partial charge in [0.2, 0.25) is 0 Å². The maximum Gasteiger partial charge on any atom is 0.255 e. The molecule has 1 fully saturated rings. The Balaban J connectivity index is 1.73. The molecule has 2 heterocycles. The van der Waals surface area contributed by atoms with Gasteiger partial charge in [-0.05, 0) is 29.6 Å². The summed E-state index contributed by atoms with van der Waals surface area (Å²) in [4.78, 5) is 26.6. The summed E-state index contributed by atoms with van der Waals surface area (Å²) >= 11 is 1.62. The van der Waals surface area contributed by atoms with E-state index in [4.69, 9.17) is 19.9 Å². The molecule has 7 nitrogen and oxygen atoms in total. The highest BCUT2D eigenvalue weighted by atomic mass is 32.1. The Bertz CT molecular complexity index is 778. The van der Waals surface area contributed by atoms with Gasteiger partial charge in [0, 0.05) is 17.0 Å². The molecule has 2 N–H and O–H groups in total. The van der Waals surface area contributed by atoms with Gasteiger partial charge in [-0.2, -0.15) is 0 Å². The third-order valence-corrected chi connectivity index (χ3v) is 4.96. The number of carbonyl (C=O) groups is 2. The molecule has 1 aliphatic heterocycles. The minimum absolute atomic E-state index is 0.102. The van der Waals surface area contributed by atoms with Gasteiger partial charge in [-0.25, -0.2) is 0 Å². The molecule has 0 radical (unpaired) electrons. The Morgan fingerprint density at radius 1 is 1.35 bits per heavy atom. The molecule has 1 aliphatic rings. The second-order valence-electron chi connectivity index (χ2n) is 5.75. The minimum Gasteiger partial charge on any atom is -0.493 e. The number of rotatable bonds is 6. The average molecular weight is 376 g/mol. The van der Waals surface area contributed by atoms with Crippen LogP contribution in [0.15, 0.2) is 35.7 Å². The average Bonchev–Trinajstić information content (AvgIpc) is 3.20. The van der Waals surface area contributed by atoms with Crippen molar-refractivity contribution < 1.29 is 23.8 Å². The van der Waals surface area contributed by atoms with Crippen molar-refractivity contribution in [3.63, 3.8) is 0 Å². The summed E-state index contributed by atoms with van der Waals surface area (Å²) in [5.74, 6) is 0.0520. The molecule has 138 valence electrons. The Morgan fingerprint density at radius 3 is 2.88 bits per heavy atom. The Kier molecular flexibility index (Phi) is 5.75. The molecule has 1 atom stereocenters. The molecule has 1 saturated heterocycles. The molecule has 1 aromatic carbocycles. The second kappa shape index (κ2) is 8.20. The van der Waals surface area contributed by atoms with Crippen LogP contribution in [0.5, 0.6) is 11.5 Å². The maximum absolute atomic E-state index is 12.9. The number of amides is 2. The topological polar surface area (TPSA) is 91.1 Å². The highest BCUT2D eigenvalue weighted by Crippen LogP contribution is 2.30. The molecular formula is C18H20N2O5S. The van der Waals surface area contributed by atoms with E-state index in [0.717, 1.165) is 4.88 Å². The number of carbonyl (C=O) groups excluding carboxylic acids is 2. The number of benzene rings is 1. The highest BCUT2D eigenvalue weighted by molar-refractivity contribution is 7.10. The molecule has 1 unspecified atom stereocenters. The number of thiophene rings is 1. The Hall–Kier alpha value is -2.58. The summed E-state index contributed by atoms with van der Waals surface area (Å²) in [6, 6.07) is 8.84. The van der Waals surface area contributed by atoms with Crippen LogP contribution in [-0.2, 0) is 9.53 Å². The summed E-state index contributed by atoms with van der Waals surface area (Å²) < 4.78 is 16.3. The smallest absolute Gasteiger partial charge is 0.255 e. The van der Waals surface area contributed by atoms with E-state index in [9.17, 15) is 9.59 Å². The third kappa shape index (κ3) is 4.14. The lowest BCUT2D eigenvalue weighted by molar-refractivity contribution is -0.119. The van der Waals surface area contributed by atoms with Crippen molar-refractivity contribution >= 4 is 23.2 Å². The maximum atomic E-state index is 12.9. The zero-order chi connectivity index (χ0) is 18.5. The number of hydrogen-bond donors (Lipinski definition) is 1. The number of methoxy groups -OCH3 is 1. The second-order valence-corrected chi connectivity index (χ2v) is 6.73. The molecule has 2 amide bonds. The van der Waals surface area contributed by atoms with Crippen molar-refractivity contribution in [2.75, 3.05) is 33.4 Å². The van der Waals surface area contributed by atoms with Crippen LogP contribution in [0.1, 0.15) is 21.3 Å². The van der Waals surface area contributed by atoms with Crippen LogP contribution in [0.2, 0.25) is 0 Å². The van der Waals surface area contributed by atoms with Gasteiger partial charge in [0.15, 0.2) is 18.1 Å². The molecule has 26 heavy (non-hydrogen) atoms. The molecule has 3 rings (SSSR count). The monoisotopic (exact) mass is 376 g/mol. The van der Waals surface area contributed by atoms with E-state index in [1.807, 2.05) is 17.5 Å². The van der Waals surface area contributed by atoms with E-state index < -0.39 is 5.91 Å². The molecule has 2 aromatic rings. The van der Waals surface area contributed by atoms with Gasteiger partial charge in [0.1, 0.15) is 6.10 Å². The van der Waals surface area contributed by atoms with Crippen LogP contribution in [0, 0.1) is 0 Å². The zero-order valence-electron chi connectivity index (χ0n) is 14.3. The van der Waals surface area contributed by atoms with E-state index in [1.54, 1.807) is 34.4 Å². The number of primary amides is 1. The van der Waals surface area contributed by atoms with Crippen LogP contribution in [0.3, 0.4) is 0 Å². The predicted octanol–water partition coefficient (Wildman–Crippen LogP) is 1.83. The van der Waals surface area contributed by atoms with Gasteiger partial charge >= 0.3 is 0 Å². The summed E-state index contributed by atoms with van der Waals surface area (Å²) in [5, 5.41) is 2.00. The predicted molar refractivity (Wildman–Crippen MR) is 96.6 cm³/mol. The van der Waals surface area contributed by atoms with E-state index in [0.29, 0.717) is 36.8 Å². The summed E-state index contributed by atoms with van der Waals surface area (Å²) in [6.07, 6.45) is -0.104. The standard InChI is InChI=1S/C18H20N2O5S/c1-23-14-9-12(4-5-13(14)25-11-17(19)21)18(22)20-6-7-24-15(10-20)16-3-2-8-26-16/h2-5,8-9,15H,6-7,10-11H2,1H3,(H2,19,21). The lowest BCUT2D eigenvalue weighted by Crippen LogP contribution is -2.42. The fourth-order valence-electron chi connectivity index (χ4n) is 2.73. The number of nitrogens with two attached hydrogens (primary N) is 1. The molecule has 0 bridgehead atoms. The Morgan fingerprint density at radius 2 is 2.19 bits per heavy atom. The molecule has 0 saturated carbocycles. The van der Waals surface area contributed by atoms with Crippen molar-refractivity contribution in [3.8, 4) is 11.5 Å². The van der Waals surface area contributed by atoms with Crippen molar-refractivity contribution in [3.05, 3.63) is 46.2 Å². The van der Waals surface area contributed by atoms with E-state index in [-0.39, 0.29) is 18.6 Å². The van der Waals surface area contributed by atoms with Gasteiger partial charge in [-0.1, -0.05) is 6.07 Å². The molecule has 1 aromatic heterocycles. The highest BCUT2D eigenvalue weighted by Gasteiger charge is 2.27. The molecule has 8 heteroatoms. The number of hydrogen-bond acceptors (Lipinski definition) is 6. The number of nitrogens with zero attached hydrogens (tertiary/aromatic N) is 1. The van der Waals surface area contributed by atoms with Crippen molar-refractivity contribution in [2.24, 2.45) is 5.73 Å². The zero-order valence-corrected chi connectivity index (χ0v) is 15.2. The fourth-order valence-corrected chi connectivity index (χ4v) is 3.50. The van der Waals surface area contributed by atoms with Gasteiger partial charge < -0.3 is 24.8 Å². The number of morpholine rings is 1. The van der Waals surface area contributed by atoms with Crippen LogP contribution in [-0.4, -0.2) is 50.1 Å². The lowest BCUT2D eigenvalue weighted by atomic mass is 10.1. The largest absolute Gasteiger partial charge is 0.493 e. The van der Waals surface area contributed by atoms with Crippen molar-refractivity contribution in [2.45, 2.75) is 6.10 Å². The summed E-state index contributed by atoms with van der Waals surface area (Å²) in [7, 11) is 1.47. The summed E-state index contributed by atoms with van der Waals surface area (Å²) in [5.41, 5.74) is 5.57. The first-order chi connectivity index (χ1) is 12.6. The first-order valence-corrected chi connectivity index (χ1v) is 9.00. The van der Waals surface area contributed by atoms with Gasteiger partial charge in [-0.15, -0.1) is 11.3 Å². The van der Waals surface area contributed by atoms with Gasteiger partial charge in [-0.3, -0.25) is 9.59 Å². The SMILES string of the molecule is COc1cc(C(=O)N2CCOC(c3cccs3)C2)ccc1OCC(N)=O. The Labute approximate surface area is 155 Å². The van der Waals surface area contributed by atoms with Crippen LogP contribution in [0.4, 0.5) is 0 Å². The van der Waals surface area contributed by atoms with Gasteiger partial charge in [0.25, 0.3) is 11.8 Å². The third-order valence-electron chi connectivity index (χ3n) is 3.99. The summed E-state index contributed by atoms with van der Waals surface area (Å²) in [6.45, 7) is 1.27.